The van der Waals surface area contributed by atoms with E-state index in [9.17, 15) is 0 Å². The van der Waals surface area contributed by atoms with E-state index in [0.29, 0.717) is 5.82 Å². The molecule has 2 N–H and O–H groups in total. The molecule has 1 saturated carbocycles. The molecule has 5 heteroatoms. The van der Waals surface area contributed by atoms with Crippen molar-refractivity contribution in [3.63, 3.8) is 0 Å². The molecular weight excluding hydrogens is 202 g/mol. The maximum atomic E-state index is 5.78. The first-order chi connectivity index (χ1) is 7.74. The van der Waals surface area contributed by atoms with Crippen molar-refractivity contribution in [1.82, 2.24) is 14.4 Å². The van der Waals surface area contributed by atoms with Gasteiger partial charge in [0.2, 0.25) is 0 Å². The Balaban J connectivity index is 2.02. The topological polar surface area (TPSA) is 59.5 Å². The second-order valence-corrected chi connectivity index (χ2v) is 4.47. The normalized spacial score (nSPS) is 15.6. The van der Waals surface area contributed by atoms with Gasteiger partial charge in [0, 0.05) is 26.0 Å². The zero-order chi connectivity index (χ0) is 11.1. The van der Waals surface area contributed by atoms with Crippen molar-refractivity contribution < 1.29 is 0 Å². The molecule has 0 bridgehead atoms. The number of hydrogen-bond donors (Lipinski definition) is 1. The Morgan fingerprint density at radius 2 is 2.38 bits per heavy atom. The van der Waals surface area contributed by atoms with E-state index in [0.717, 1.165) is 23.9 Å². The van der Waals surface area contributed by atoms with E-state index in [4.69, 9.17) is 5.73 Å². The Morgan fingerprint density at radius 1 is 1.56 bits per heavy atom. The summed E-state index contributed by atoms with van der Waals surface area (Å²) in [5, 5.41) is 0. The van der Waals surface area contributed by atoms with Gasteiger partial charge >= 0.3 is 0 Å². The predicted molar refractivity (Wildman–Crippen MR) is 63.4 cm³/mol. The van der Waals surface area contributed by atoms with Gasteiger partial charge in [-0.1, -0.05) is 0 Å². The Hall–Kier alpha value is -1.78. The highest BCUT2D eigenvalue weighted by atomic mass is 15.2. The van der Waals surface area contributed by atoms with Crippen LogP contribution in [-0.2, 0) is 0 Å². The summed E-state index contributed by atoms with van der Waals surface area (Å²) < 4.78 is 1.92. The molecule has 5 nitrogen and oxygen atoms in total. The number of imidazole rings is 1. The van der Waals surface area contributed by atoms with Crippen LogP contribution in [0.3, 0.4) is 0 Å². The van der Waals surface area contributed by atoms with E-state index in [-0.39, 0.29) is 0 Å². The molecule has 2 aromatic rings. The summed E-state index contributed by atoms with van der Waals surface area (Å²) in [4.78, 5) is 10.8. The number of nitrogens with zero attached hydrogens (tertiary/aromatic N) is 4. The van der Waals surface area contributed by atoms with E-state index in [1.54, 1.807) is 12.4 Å². The Kier molecular flexibility index (Phi) is 1.99. The zero-order valence-corrected chi connectivity index (χ0v) is 9.30. The molecule has 2 heterocycles. The smallest absolute Gasteiger partial charge is 0.180 e. The van der Waals surface area contributed by atoms with Gasteiger partial charge in [-0.15, -0.1) is 0 Å². The van der Waals surface area contributed by atoms with Crippen LogP contribution < -0.4 is 10.6 Å². The van der Waals surface area contributed by atoms with Crippen molar-refractivity contribution >= 4 is 17.3 Å². The third-order valence-electron chi connectivity index (χ3n) is 2.97. The quantitative estimate of drug-likeness (QED) is 0.838. The number of anilines is 2. The zero-order valence-electron chi connectivity index (χ0n) is 9.30. The van der Waals surface area contributed by atoms with Gasteiger partial charge in [-0.3, -0.25) is 0 Å². The predicted octanol–water partition coefficient (Wildman–Crippen LogP) is 1.16. The second-order valence-electron chi connectivity index (χ2n) is 4.47. The molecular formula is C11H15N5. The van der Waals surface area contributed by atoms with Gasteiger partial charge in [0.15, 0.2) is 11.5 Å². The lowest BCUT2D eigenvalue weighted by Crippen LogP contribution is -2.22. The molecule has 1 aliphatic rings. The Bertz CT molecular complexity index is 514. The third-order valence-corrected chi connectivity index (χ3v) is 2.97. The first-order valence-corrected chi connectivity index (χ1v) is 5.54. The van der Waals surface area contributed by atoms with Gasteiger partial charge in [0.05, 0.1) is 6.20 Å². The van der Waals surface area contributed by atoms with Crippen molar-refractivity contribution in [3.8, 4) is 0 Å². The maximum Gasteiger partial charge on any atom is 0.180 e. The summed E-state index contributed by atoms with van der Waals surface area (Å²) in [6.45, 7) is 1.04. The standard InChI is InChI=1S/C11H15N5/c1-15(6-8-2-3-8)11-10-13-4-5-16(10)7-9(12)14-11/h4-5,7-8H,2-3,6,12H2,1H3. The van der Waals surface area contributed by atoms with Gasteiger partial charge < -0.3 is 15.0 Å². The van der Waals surface area contributed by atoms with Crippen molar-refractivity contribution in [2.75, 3.05) is 24.2 Å². The summed E-state index contributed by atoms with van der Waals surface area (Å²) in [5.74, 6) is 2.23. The molecule has 0 spiro atoms. The molecule has 0 aromatic carbocycles. The fraction of sp³-hybridized carbons (Fsp3) is 0.455. The number of aromatic nitrogens is 3. The van der Waals surface area contributed by atoms with Crippen LogP contribution in [0.1, 0.15) is 12.8 Å². The summed E-state index contributed by atoms with van der Waals surface area (Å²) in [6, 6.07) is 0. The van der Waals surface area contributed by atoms with Crippen LogP contribution >= 0.6 is 0 Å². The molecule has 1 fully saturated rings. The van der Waals surface area contributed by atoms with Gasteiger partial charge in [-0.05, 0) is 18.8 Å². The number of rotatable bonds is 3. The van der Waals surface area contributed by atoms with Crippen LogP contribution in [0.25, 0.3) is 5.65 Å². The monoisotopic (exact) mass is 217 g/mol. The van der Waals surface area contributed by atoms with Gasteiger partial charge in [0.25, 0.3) is 0 Å². The molecule has 0 radical (unpaired) electrons. The summed E-state index contributed by atoms with van der Waals surface area (Å²) >= 11 is 0. The van der Waals surface area contributed by atoms with Crippen LogP contribution in [0.4, 0.5) is 11.6 Å². The SMILES string of the molecule is CN(CC1CC1)c1nc(N)cn2ccnc12. The molecule has 2 aromatic heterocycles. The van der Waals surface area contributed by atoms with Crippen LogP contribution in [0.5, 0.6) is 0 Å². The maximum absolute atomic E-state index is 5.78. The van der Waals surface area contributed by atoms with Crippen LogP contribution in [0, 0.1) is 5.92 Å². The van der Waals surface area contributed by atoms with E-state index < -0.39 is 0 Å². The average Bonchev–Trinajstić information content (AvgIpc) is 2.93. The molecule has 84 valence electrons. The molecule has 0 atom stereocenters. The number of nitrogen functional groups attached to an aromatic ring is 1. The molecule has 3 rings (SSSR count). The molecule has 1 aliphatic carbocycles. The molecule has 0 unspecified atom stereocenters. The Labute approximate surface area is 93.9 Å². The first-order valence-electron chi connectivity index (χ1n) is 5.54. The van der Waals surface area contributed by atoms with Gasteiger partial charge in [-0.2, -0.15) is 0 Å². The van der Waals surface area contributed by atoms with Crippen molar-refractivity contribution in [2.24, 2.45) is 5.92 Å². The van der Waals surface area contributed by atoms with Crippen molar-refractivity contribution in [3.05, 3.63) is 18.6 Å². The number of fused-ring (bicyclic) bond motifs is 1. The largest absolute Gasteiger partial charge is 0.382 e. The lowest BCUT2D eigenvalue weighted by atomic mass is 10.4. The fourth-order valence-electron chi connectivity index (χ4n) is 1.96. The molecule has 0 saturated heterocycles. The number of hydrogen-bond acceptors (Lipinski definition) is 4. The minimum Gasteiger partial charge on any atom is -0.382 e. The minimum absolute atomic E-state index is 0.531. The van der Waals surface area contributed by atoms with E-state index in [1.807, 2.05) is 10.6 Å². The van der Waals surface area contributed by atoms with Gasteiger partial charge in [-0.25, -0.2) is 9.97 Å². The molecule has 0 aliphatic heterocycles. The highest BCUT2D eigenvalue weighted by molar-refractivity contribution is 5.66. The van der Waals surface area contributed by atoms with E-state index in [1.165, 1.54) is 12.8 Å². The van der Waals surface area contributed by atoms with Crippen LogP contribution in [0.15, 0.2) is 18.6 Å². The van der Waals surface area contributed by atoms with Crippen LogP contribution in [0.2, 0.25) is 0 Å². The summed E-state index contributed by atoms with van der Waals surface area (Å²) in [7, 11) is 2.05. The Morgan fingerprint density at radius 3 is 3.12 bits per heavy atom. The lowest BCUT2D eigenvalue weighted by Gasteiger charge is -2.18. The van der Waals surface area contributed by atoms with Crippen LogP contribution in [-0.4, -0.2) is 28.0 Å². The summed E-state index contributed by atoms with van der Waals surface area (Å²) in [6.07, 6.45) is 8.11. The van der Waals surface area contributed by atoms with Crippen molar-refractivity contribution in [1.29, 1.82) is 0 Å². The highest BCUT2D eigenvalue weighted by Gasteiger charge is 2.24. The highest BCUT2D eigenvalue weighted by Crippen LogP contribution is 2.31. The second kappa shape index (κ2) is 3.37. The third kappa shape index (κ3) is 1.58. The van der Waals surface area contributed by atoms with Crippen molar-refractivity contribution in [2.45, 2.75) is 12.8 Å². The lowest BCUT2D eigenvalue weighted by molar-refractivity contribution is 0.777. The molecule has 0 amide bonds. The first kappa shape index (κ1) is 9.45. The summed E-state index contributed by atoms with van der Waals surface area (Å²) in [5.41, 5.74) is 6.65. The average molecular weight is 217 g/mol. The fourth-order valence-corrected chi connectivity index (χ4v) is 1.96. The molecule has 16 heavy (non-hydrogen) atoms. The van der Waals surface area contributed by atoms with E-state index >= 15 is 0 Å². The minimum atomic E-state index is 0.531. The number of nitrogens with two attached hydrogens (primary N) is 1. The van der Waals surface area contributed by atoms with E-state index in [2.05, 4.69) is 21.9 Å². The van der Waals surface area contributed by atoms with Gasteiger partial charge in [0.1, 0.15) is 5.82 Å².